The maximum absolute atomic E-state index is 13.7. The summed E-state index contributed by atoms with van der Waals surface area (Å²) in [5, 5.41) is 2.57. The fourth-order valence-corrected chi connectivity index (χ4v) is 7.94. The number of thioether (sulfide) groups is 1. The number of hydrogen-bond donors (Lipinski definition) is 2. The van der Waals surface area contributed by atoms with Gasteiger partial charge in [-0.05, 0) is 95.2 Å². The topological polar surface area (TPSA) is 104 Å². The molecule has 0 saturated carbocycles. The van der Waals surface area contributed by atoms with Crippen molar-refractivity contribution in [3.63, 3.8) is 0 Å². The van der Waals surface area contributed by atoms with E-state index >= 15 is 0 Å². The Kier molecular flexibility index (Phi) is 12.5. The Morgan fingerprint density at radius 3 is 2.37 bits per heavy atom. The van der Waals surface area contributed by atoms with Gasteiger partial charge in [0.1, 0.15) is 17.1 Å². The minimum atomic E-state index is -1.26. The average Bonchev–Trinajstić information content (AvgIpc) is 3.00. The van der Waals surface area contributed by atoms with Crippen molar-refractivity contribution in [2.24, 2.45) is 11.7 Å². The molecule has 1 amide bonds. The fraction of sp³-hybridized carbons (Fsp3) is 0.412. The van der Waals surface area contributed by atoms with Gasteiger partial charge in [0.25, 0.3) is 0 Å². The molecule has 1 fully saturated rings. The Morgan fingerprint density at radius 1 is 1.02 bits per heavy atom. The Bertz CT molecular complexity index is 1310. The van der Waals surface area contributed by atoms with E-state index < -0.39 is 34.5 Å². The number of benzene rings is 3. The van der Waals surface area contributed by atoms with Gasteiger partial charge < -0.3 is 20.3 Å². The lowest BCUT2D eigenvalue weighted by Crippen LogP contribution is -2.40. The molecule has 0 bridgehead atoms. The van der Waals surface area contributed by atoms with Gasteiger partial charge >= 0.3 is 5.97 Å². The lowest BCUT2D eigenvalue weighted by Gasteiger charge is -2.29. The van der Waals surface area contributed by atoms with Crippen molar-refractivity contribution in [2.75, 3.05) is 12.4 Å². The van der Waals surface area contributed by atoms with E-state index in [-0.39, 0.29) is 29.5 Å². The molecule has 230 valence electrons. The molecular formula is C34H41FN2O4S2. The summed E-state index contributed by atoms with van der Waals surface area (Å²) in [5.41, 5.74) is 8.80. The van der Waals surface area contributed by atoms with Crippen LogP contribution in [0.1, 0.15) is 57.6 Å². The van der Waals surface area contributed by atoms with E-state index in [4.69, 9.17) is 10.5 Å². The molecule has 5 atom stereocenters. The van der Waals surface area contributed by atoms with E-state index in [0.717, 1.165) is 41.0 Å². The summed E-state index contributed by atoms with van der Waals surface area (Å²) < 4.78 is 32.8. The summed E-state index contributed by atoms with van der Waals surface area (Å²) in [5.74, 6) is -0.239. The van der Waals surface area contributed by atoms with Gasteiger partial charge in [0, 0.05) is 12.8 Å². The molecule has 0 aromatic heterocycles. The van der Waals surface area contributed by atoms with E-state index in [1.165, 1.54) is 12.1 Å². The number of halogens is 1. The molecule has 3 N–H and O–H groups in total. The second-order valence-electron chi connectivity index (χ2n) is 11.2. The highest BCUT2D eigenvalue weighted by molar-refractivity contribution is 8.00. The third-order valence-corrected chi connectivity index (χ3v) is 10.8. The summed E-state index contributed by atoms with van der Waals surface area (Å²) >= 11 is 0.324. The molecule has 0 radical (unpaired) electrons. The van der Waals surface area contributed by atoms with Crippen LogP contribution in [0.3, 0.4) is 0 Å². The zero-order chi connectivity index (χ0) is 30.8. The summed E-state index contributed by atoms with van der Waals surface area (Å²) in [6.45, 7) is 3.76. The first-order chi connectivity index (χ1) is 20.7. The second kappa shape index (κ2) is 16.3. The van der Waals surface area contributed by atoms with E-state index in [0.29, 0.717) is 18.4 Å². The van der Waals surface area contributed by atoms with Crippen LogP contribution in [0.25, 0.3) is 11.1 Å². The van der Waals surface area contributed by atoms with Crippen molar-refractivity contribution in [1.82, 2.24) is 5.32 Å². The van der Waals surface area contributed by atoms with E-state index in [1.54, 1.807) is 23.9 Å². The van der Waals surface area contributed by atoms with Gasteiger partial charge in [-0.25, -0.2) is 4.39 Å². The van der Waals surface area contributed by atoms with Gasteiger partial charge in [0.15, 0.2) is 4.90 Å². The number of nitrogens with two attached hydrogens (primary N) is 1. The maximum Gasteiger partial charge on any atom is 0.323 e. The minimum Gasteiger partial charge on any atom is -0.611 e. The summed E-state index contributed by atoms with van der Waals surface area (Å²) in [6.07, 6.45) is 3.49. The third kappa shape index (κ3) is 9.57. The van der Waals surface area contributed by atoms with Crippen LogP contribution < -0.4 is 11.1 Å². The molecule has 1 saturated heterocycles. The van der Waals surface area contributed by atoms with Crippen molar-refractivity contribution in [2.45, 2.75) is 73.4 Å². The van der Waals surface area contributed by atoms with E-state index in [9.17, 15) is 18.5 Å². The molecule has 4 rings (SSSR count). The summed E-state index contributed by atoms with van der Waals surface area (Å²) in [6, 6.07) is 22.7. The molecular weight excluding hydrogens is 584 g/mol. The predicted octanol–water partition coefficient (Wildman–Crippen LogP) is 6.42. The number of ether oxygens (including phenoxy) is 1. The number of carbonyl (C=O) groups is 2. The number of esters is 1. The van der Waals surface area contributed by atoms with Crippen LogP contribution in [-0.2, 0) is 25.5 Å². The Hall–Kier alpha value is -2.85. The quantitative estimate of drug-likeness (QED) is 0.189. The normalized spacial score (nSPS) is 19.5. The van der Waals surface area contributed by atoms with Crippen LogP contribution in [0.4, 0.5) is 4.39 Å². The van der Waals surface area contributed by atoms with Crippen molar-refractivity contribution in [3.8, 4) is 11.1 Å². The van der Waals surface area contributed by atoms with Crippen LogP contribution in [0.2, 0.25) is 0 Å². The first-order valence-electron chi connectivity index (χ1n) is 14.9. The molecule has 9 heteroatoms. The van der Waals surface area contributed by atoms with E-state index in [2.05, 4.69) is 5.32 Å². The number of rotatable bonds is 11. The smallest absolute Gasteiger partial charge is 0.323 e. The van der Waals surface area contributed by atoms with E-state index in [1.807, 2.05) is 68.4 Å². The van der Waals surface area contributed by atoms with Crippen molar-refractivity contribution in [3.05, 3.63) is 90.2 Å². The van der Waals surface area contributed by atoms with Gasteiger partial charge in [-0.15, -0.1) is 11.8 Å². The molecule has 6 nitrogen and oxygen atoms in total. The van der Waals surface area contributed by atoms with Crippen molar-refractivity contribution >= 4 is 34.8 Å². The standard InChI is InChI=1S/C34H41FN2O4S2/c1-23(2)32(36)34(39)41-20-19-30(26-11-15-27(35)16-12-26)37-33(38)31-22-29(10-6-7-21-42-31)43(40)28-17-13-25(14-18-28)24-8-4-3-5-9-24/h3-5,8-9,11-18,23,29-32H,6-7,10,19-22,36H2,1-2H3,(H,37,38)/t29?,30-,31+,32-,43?/m0/s1. The van der Waals surface area contributed by atoms with Crippen molar-refractivity contribution < 1.29 is 23.3 Å². The second-order valence-corrected chi connectivity index (χ2v) is 14.3. The molecule has 1 aliphatic rings. The molecule has 3 aromatic carbocycles. The van der Waals surface area contributed by atoms with Crippen molar-refractivity contribution in [1.29, 1.82) is 0 Å². The number of amides is 1. The maximum atomic E-state index is 13.7. The molecule has 3 aromatic rings. The van der Waals surface area contributed by atoms with Gasteiger partial charge in [-0.1, -0.05) is 56.3 Å². The van der Waals surface area contributed by atoms with Gasteiger partial charge in [-0.2, -0.15) is 0 Å². The third-order valence-electron chi connectivity index (χ3n) is 7.74. The fourth-order valence-electron chi connectivity index (χ4n) is 5.03. The van der Waals surface area contributed by atoms with Crippen LogP contribution in [0, 0.1) is 11.7 Å². The highest BCUT2D eigenvalue weighted by atomic mass is 32.2. The summed E-state index contributed by atoms with van der Waals surface area (Å²) in [7, 11) is 0. The minimum absolute atomic E-state index is 0.0586. The Balaban J connectivity index is 1.44. The van der Waals surface area contributed by atoms with Crippen LogP contribution in [-0.4, -0.2) is 45.3 Å². The number of carbonyl (C=O) groups excluding carboxylic acids is 2. The Morgan fingerprint density at radius 2 is 1.70 bits per heavy atom. The highest BCUT2D eigenvalue weighted by Crippen LogP contribution is 2.32. The lowest BCUT2D eigenvalue weighted by atomic mass is 10.0. The number of nitrogens with one attached hydrogen (secondary N) is 1. The molecule has 0 spiro atoms. The summed E-state index contributed by atoms with van der Waals surface area (Å²) in [4.78, 5) is 26.7. The molecule has 1 heterocycles. The zero-order valence-electron chi connectivity index (χ0n) is 24.7. The highest BCUT2D eigenvalue weighted by Gasteiger charge is 2.34. The molecule has 2 unspecified atom stereocenters. The monoisotopic (exact) mass is 624 g/mol. The zero-order valence-corrected chi connectivity index (χ0v) is 26.4. The van der Waals surface area contributed by atoms with Crippen LogP contribution >= 0.6 is 11.8 Å². The largest absolute Gasteiger partial charge is 0.611 e. The average molecular weight is 625 g/mol. The van der Waals surface area contributed by atoms with Gasteiger partial charge in [0.2, 0.25) is 5.91 Å². The first kappa shape index (κ1) is 33.1. The van der Waals surface area contributed by atoms with Crippen LogP contribution in [0.15, 0.2) is 83.8 Å². The predicted molar refractivity (Wildman–Crippen MR) is 172 cm³/mol. The number of hydrogen-bond acceptors (Lipinski definition) is 6. The Labute approximate surface area is 261 Å². The van der Waals surface area contributed by atoms with Gasteiger partial charge in [0.05, 0.1) is 17.9 Å². The first-order valence-corrected chi connectivity index (χ1v) is 17.1. The van der Waals surface area contributed by atoms with Gasteiger partial charge in [-0.3, -0.25) is 9.59 Å². The molecule has 1 aliphatic heterocycles. The lowest BCUT2D eigenvalue weighted by molar-refractivity contribution is -0.146. The molecule has 0 aliphatic carbocycles. The SMILES string of the molecule is CC(C)[C@H](N)C(=O)OCC[C@H](NC(=O)[C@H]1CC([S+]([O-])c2ccc(-c3ccccc3)cc2)CCCCS1)c1ccc(F)cc1. The van der Waals surface area contributed by atoms with Crippen LogP contribution in [0.5, 0.6) is 0 Å². The molecule has 43 heavy (non-hydrogen) atoms.